The van der Waals surface area contributed by atoms with Crippen molar-refractivity contribution in [3.8, 4) is 67.5 Å². The smallest absolute Gasteiger partial charge is 0.164 e. The zero-order valence-corrected chi connectivity index (χ0v) is 34.9. The average molecular weight is 759 g/mol. The van der Waals surface area contributed by atoms with E-state index in [2.05, 4.69) is 205 Å². The van der Waals surface area contributed by atoms with E-state index in [1.165, 1.54) is 76.4 Å². The second-order valence-corrected chi connectivity index (χ2v) is 16.2. The largest absolute Gasteiger partial charge is 0.208 e. The molecule has 0 spiro atoms. The molecule has 9 aromatic carbocycles. The lowest BCUT2D eigenvalue weighted by molar-refractivity contribution is 1.07. The van der Waals surface area contributed by atoms with Gasteiger partial charge in [0.2, 0.25) is 0 Å². The summed E-state index contributed by atoms with van der Waals surface area (Å²) >= 11 is 0. The van der Waals surface area contributed by atoms with Crippen molar-refractivity contribution in [1.29, 1.82) is 0 Å². The predicted octanol–water partition coefficient (Wildman–Crippen LogP) is 2.88. The zero-order chi connectivity index (χ0) is 41.1. The van der Waals surface area contributed by atoms with Crippen LogP contribution in [0.4, 0.5) is 0 Å². The maximum Gasteiger partial charge on any atom is 0.164 e. The molecule has 0 aliphatic rings. The van der Waals surface area contributed by atoms with Gasteiger partial charge in [-0.25, -0.2) is 15.0 Å². The molecule has 60 heavy (non-hydrogen) atoms. The Labute approximate surface area is 356 Å². The van der Waals surface area contributed by atoms with E-state index in [9.17, 15) is 0 Å². The van der Waals surface area contributed by atoms with E-state index >= 15 is 0 Å². The van der Waals surface area contributed by atoms with Crippen molar-refractivity contribution in [1.82, 2.24) is 15.0 Å². The molecule has 0 radical (unpaired) electrons. The highest BCUT2D eigenvalue weighted by Crippen LogP contribution is 2.32. The standard InChI is InChI=1S/C51H39B6N3/c52-43-39(45(54)47(56)42-41(43)48(57)46(55)40(44(42)53)38-22-10-16-30-14-6-7-21-37(30)38)33-18-9-20-35(27-33)50-58-49(34-19-8-17-32(25-34)28-11-2-1-3-12-28)59-51(60-50)36-24-23-29-13-4-5-15-31(29)26-36/h1-27H,52-57H2. The van der Waals surface area contributed by atoms with Crippen molar-refractivity contribution in [3.63, 3.8) is 0 Å². The lowest BCUT2D eigenvalue weighted by Gasteiger charge is -2.26. The van der Waals surface area contributed by atoms with Crippen LogP contribution in [0, 0.1) is 0 Å². The lowest BCUT2D eigenvalue weighted by atomic mass is 9.60. The summed E-state index contributed by atoms with van der Waals surface area (Å²) in [5, 5.41) is 7.59. The van der Waals surface area contributed by atoms with Gasteiger partial charge in [-0.15, -0.1) is 0 Å². The fourth-order valence-corrected chi connectivity index (χ4v) is 9.53. The minimum atomic E-state index is 0.642. The van der Waals surface area contributed by atoms with Crippen molar-refractivity contribution in [3.05, 3.63) is 164 Å². The molecule has 0 unspecified atom stereocenters. The summed E-state index contributed by atoms with van der Waals surface area (Å²) in [6, 6.07) is 58.0. The van der Waals surface area contributed by atoms with Crippen LogP contribution in [-0.4, -0.2) is 62.0 Å². The van der Waals surface area contributed by atoms with Gasteiger partial charge in [0.1, 0.15) is 47.1 Å². The fraction of sp³-hybridized carbons (Fsp3) is 0. The quantitative estimate of drug-likeness (QED) is 0.245. The first-order chi connectivity index (χ1) is 29.2. The topological polar surface area (TPSA) is 38.7 Å². The van der Waals surface area contributed by atoms with Gasteiger partial charge in [-0.2, -0.15) is 0 Å². The van der Waals surface area contributed by atoms with Gasteiger partial charge in [0, 0.05) is 16.7 Å². The first kappa shape index (κ1) is 37.4. The first-order valence-electron chi connectivity index (χ1n) is 20.8. The van der Waals surface area contributed by atoms with Crippen LogP contribution in [0.5, 0.6) is 0 Å². The number of hydrogen-bond acceptors (Lipinski definition) is 3. The third kappa shape index (κ3) is 6.37. The van der Waals surface area contributed by atoms with E-state index in [4.69, 9.17) is 15.0 Å². The number of aromatic nitrogens is 3. The number of benzene rings is 9. The molecule has 276 valence electrons. The van der Waals surface area contributed by atoms with Crippen LogP contribution >= 0.6 is 0 Å². The minimum Gasteiger partial charge on any atom is -0.208 e. The van der Waals surface area contributed by atoms with Gasteiger partial charge in [0.25, 0.3) is 0 Å². The molecule has 0 N–H and O–H groups in total. The molecular formula is C51H39B6N3. The maximum absolute atomic E-state index is 5.22. The summed E-state index contributed by atoms with van der Waals surface area (Å²) in [5.41, 5.74) is 18.1. The van der Waals surface area contributed by atoms with Crippen molar-refractivity contribution in [2.75, 3.05) is 0 Å². The molecule has 0 saturated heterocycles. The van der Waals surface area contributed by atoms with Crippen molar-refractivity contribution in [2.24, 2.45) is 0 Å². The highest BCUT2D eigenvalue weighted by molar-refractivity contribution is 6.68. The lowest BCUT2D eigenvalue weighted by Crippen LogP contribution is -2.44. The van der Waals surface area contributed by atoms with E-state index in [-0.39, 0.29) is 0 Å². The van der Waals surface area contributed by atoms with Crippen LogP contribution in [0.3, 0.4) is 0 Å². The Balaban J connectivity index is 1.14. The molecule has 0 aliphatic heterocycles. The van der Waals surface area contributed by atoms with Gasteiger partial charge >= 0.3 is 0 Å². The van der Waals surface area contributed by atoms with Crippen LogP contribution < -0.4 is 32.8 Å². The van der Waals surface area contributed by atoms with Crippen LogP contribution in [0.2, 0.25) is 0 Å². The first-order valence-corrected chi connectivity index (χ1v) is 20.8. The van der Waals surface area contributed by atoms with Crippen LogP contribution in [-0.2, 0) is 0 Å². The summed E-state index contributed by atoms with van der Waals surface area (Å²) < 4.78 is 0. The third-order valence-electron chi connectivity index (χ3n) is 12.7. The number of nitrogens with zero attached hydrogens (tertiary/aromatic N) is 3. The molecule has 10 rings (SSSR count). The van der Waals surface area contributed by atoms with Gasteiger partial charge in [-0.05, 0) is 83.9 Å². The Morgan fingerprint density at radius 3 is 1.43 bits per heavy atom. The molecule has 1 heterocycles. The van der Waals surface area contributed by atoms with E-state index in [0.29, 0.717) is 17.5 Å². The third-order valence-corrected chi connectivity index (χ3v) is 12.7. The number of rotatable bonds is 6. The van der Waals surface area contributed by atoms with Crippen LogP contribution in [0.25, 0.3) is 99.9 Å². The molecule has 0 aliphatic carbocycles. The summed E-state index contributed by atoms with van der Waals surface area (Å²) in [7, 11) is 13.8. The average Bonchev–Trinajstić information content (AvgIpc) is 3.29. The monoisotopic (exact) mass is 759 g/mol. The Kier molecular flexibility index (Phi) is 9.41. The molecule has 0 bridgehead atoms. The Bertz CT molecular complexity index is 3350. The Morgan fingerprint density at radius 2 is 0.750 bits per heavy atom. The summed E-state index contributed by atoms with van der Waals surface area (Å²) in [4.78, 5) is 15.6. The van der Waals surface area contributed by atoms with E-state index in [1.54, 1.807) is 0 Å². The SMILES string of the molecule is Bc1c(-c2cccc3ccccc23)c(B)c2c(B)c(B)c(-c3cccc(-c4nc(-c5cccc(-c6ccccc6)c5)nc(-c5ccc6ccccc6c5)n4)c3)c(B)c2c1B. The molecular weight excluding hydrogens is 719 g/mol. The highest BCUT2D eigenvalue weighted by atomic mass is 15.0. The second kappa shape index (κ2) is 15.1. The normalized spacial score (nSPS) is 11.4. The molecule has 0 saturated carbocycles. The zero-order valence-electron chi connectivity index (χ0n) is 34.9. The molecule has 3 nitrogen and oxygen atoms in total. The van der Waals surface area contributed by atoms with E-state index in [1.807, 2.05) is 6.07 Å². The minimum absolute atomic E-state index is 0.642. The molecule has 9 heteroatoms. The number of fused-ring (bicyclic) bond motifs is 3. The molecule has 0 amide bonds. The summed E-state index contributed by atoms with van der Waals surface area (Å²) in [6.07, 6.45) is 0. The summed E-state index contributed by atoms with van der Waals surface area (Å²) in [6.45, 7) is 0. The van der Waals surface area contributed by atoms with Gasteiger partial charge < -0.3 is 0 Å². The van der Waals surface area contributed by atoms with Crippen LogP contribution in [0.15, 0.2) is 164 Å². The van der Waals surface area contributed by atoms with E-state index < -0.39 is 0 Å². The van der Waals surface area contributed by atoms with Gasteiger partial charge in [0.15, 0.2) is 17.5 Å². The maximum atomic E-state index is 5.22. The number of hydrogen-bond donors (Lipinski definition) is 0. The Morgan fingerprint density at radius 1 is 0.283 bits per heavy atom. The van der Waals surface area contributed by atoms with E-state index in [0.717, 1.165) is 38.8 Å². The van der Waals surface area contributed by atoms with Crippen molar-refractivity contribution in [2.45, 2.75) is 0 Å². The molecule has 0 atom stereocenters. The summed E-state index contributed by atoms with van der Waals surface area (Å²) in [5.74, 6) is 1.93. The van der Waals surface area contributed by atoms with Crippen molar-refractivity contribution < 1.29 is 0 Å². The Hall–Kier alpha value is -6.84. The van der Waals surface area contributed by atoms with Crippen molar-refractivity contribution >= 4 is 112 Å². The second-order valence-electron chi connectivity index (χ2n) is 16.2. The molecule has 0 fully saturated rings. The van der Waals surface area contributed by atoms with Gasteiger partial charge in [-0.1, -0.05) is 178 Å². The van der Waals surface area contributed by atoms with Crippen LogP contribution in [0.1, 0.15) is 0 Å². The fourth-order valence-electron chi connectivity index (χ4n) is 9.53. The highest BCUT2D eigenvalue weighted by Gasteiger charge is 2.22. The molecule has 1 aromatic heterocycles. The van der Waals surface area contributed by atoms with Gasteiger partial charge in [0.05, 0.1) is 0 Å². The van der Waals surface area contributed by atoms with Gasteiger partial charge in [-0.3, -0.25) is 0 Å². The molecule has 10 aromatic rings. The predicted molar refractivity (Wildman–Crippen MR) is 274 cm³/mol.